The van der Waals surface area contributed by atoms with Gasteiger partial charge in [-0.15, -0.1) is 0 Å². The maximum absolute atomic E-state index is 13.7. The summed E-state index contributed by atoms with van der Waals surface area (Å²) in [6.07, 6.45) is 6.42. The third kappa shape index (κ3) is 8.50. The zero-order valence-corrected chi connectivity index (χ0v) is 26.4. The Morgan fingerprint density at radius 3 is 2.58 bits per heavy atom. The lowest BCUT2D eigenvalue weighted by Gasteiger charge is -2.30. The zero-order valence-electron chi connectivity index (χ0n) is 24.9. The quantitative estimate of drug-likeness (QED) is 0.418. The first-order valence-corrected chi connectivity index (χ1v) is 16.8. The molecule has 4 amide bonds. The lowest BCUT2D eigenvalue weighted by molar-refractivity contribution is -0.146. The van der Waals surface area contributed by atoms with Crippen molar-refractivity contribution in [3.8, 4) is 0 Å². The van der Waals surface area contributed by atoms with Gasteiger partial charge in [0.05, 0.1) is 5.75 Å². The largest absolute Gasteiger partial charge is 0.436 e. The molecule has 4 atom stereocenters. The van der Waals surface area contributed by atoms with Crippen LogP contribution >= 0.6 is 11.6 Å². The SMILES string of the molecule is CC(C)(C)NC(=O)O[C@H]1CCCCCC=C[C@@H]2C[C@@]2(C(=O)NS(=O)(=O)Cc2ccccc2Cl)NC(=O)[C@@H]2CCCN2C1=O. The van der Waals surface area contributed by atoms with Crippen molar-refractivity contribution in [3.63, 3.8) is 0 Å². The van der Waals surface area contributed by atoms with Gasteiger partial charge in [0.25, 0.3) is 11.8 Å². The summed E-state index contributed by atoms with van der Waals surface area (Å²) in [5, 5.41) is 5.78. The third-order valence-electron chi connectivity index (χ3n) is 7.86. The molecular weight excluding hydrogens is 596 g/mol. The number of hydrogen-bond donors (Lipinski definition) is 3. The van der Waals surface area contributed by atoms with E-state index in [4.69, 9.17) is 16.3 Å². The first kappa shape index (κ1) is 32.8. The summed E-state index contributed by atoms with van der Waals surface area (Å²) in [5.41, 5.74) is -1.69. The number of rotatable bonds is 5. The molecule has 1 aromatic carbocycles. The Bertz CT molecular complexity index is 1380. The monoisotopic (exact) mass is 636 g/mol. The number of hydrogen-bond acceptors (Lipinski definition) is 7. The van der Waals surface area contributed by atoms with Crippen molar-refractivity contribution in [2.75, 3.05) is 6.54 Å². The maximum Gasteiger partial charge on any atom is 0.408 e. The Morgan fingerprint density at radius 2 is 1.86 bits per heavy atom. The second-order valence-corrected chi connectivity index (χ2v) is 14.7. The lowest BCUT2D eigenvalue weighted by Crippen LogP contribution is -2.57. The van der Waals surface area contributed by atoms with E-state index in [1.807, 2.05) is 12.2 Å². The van der Waals surface area contributed by atoms with Crippen molar-refractivity contribution in [2.24, 2.45) is 5.92 Å². The highest BCUT2D eigenvalue weighted by Crippen LogP contribution is 2.45. The number of ether oxygens (including phenoxy) is 1. The summed E-state index contributed by atoms with van der Waals surface area (Å²) in [6, 6.07) is 5.57. The Morgan fingerprint density at radius 1 is 1.12 bits per heavy atom. The fourth-order valence-corrected chi connectivity index (χ4v) is 7.07. The number of fused-ring (bicyclic) bond motifs is 2. The number of sulfonamides is 1. The van der Waals surface area contributed by atoms with Gasteiger partial charge in [0.2, 0.25) is 15.9 Å². The van der Waals surface area contributed by atoms with Crippen molar-refractivity contribution in [2.45, 2.75) is 101 Å². The van der Waals surface area contributed by atoms with Gasteiger partial charge in [0.15, 0.2) is 6.10 Å². The van der Waals surface area contributed by atoms with Crippen molar-refractivity contribution >= 4 is 45.4 Å². The molecule has 2 aliphatic heterocycles. The molecule has 2 fully saturated rings. The number of benzene rings is 1. The predicted octanol–water partition coefficient (Wildman–Crippen LogP) is 3.57. The molecule has 0 bridgehead atoms. The predicted molar refractivity (Wildman–Crippen MR) is 161 cm³/mol. The molecule has 11 nitrogen and oxygen atoms in total. The van der Waals surface area contributed by atoms with Crippen molar-refractivity contribution in [3.05, 3.63) is 47.0 Å². The summed E-state index contributed by atoms with van der Waals surface area (Å²) >= 11 is 6.13. The second kappa shape index (κ2) is 13.3. The van der Waals surface area contributed by atoms with E-state index in [0.717, 1.165) is 12.8 Å². The van der Waals surface area contributed by atoms with E-state index in [2.05, 4.69) is 15.4 Å². The van der Waals surface area contributed by atoms with E-state index in [1.54, 1.807) is 45.0 Å². The minimum absolute atomic E-state index is 0.224. The molecule has 4 rings (SSSR count). The highest BCUT2D eigenvalue weighted by Gasteiger charge is 2.61. The molecule has 3 aliphatic rings. The Labute approximate surface area is 258 Å². The summed E-state index contributed by atoms with van der Waals surface area (Å²) in [6.45, 7) is 5.71. The van der Waals surface area contributed by atoms with Crippen LogP contribution < -0.4 is 15.4 Å². The van der Waals surface area contributed by atoms with Gasteiger partial charge in [-0.1, -0.05) is 48.4 Å². The number of allylic oxidation sites excluding steroid dienone is 1. The molecule has 1 aliphatic carbocycles. The minimum atomic E-state index is -4.14. The highest BCUT2D eigenvalue weighted by atomic mass is 35.5. The number of carbonyl (C=O) groups is 4. The minimum Gasteiger partial charge on any atom is -0.436 e. The fourth-order valence-electron chi connectivity index (χ4n) is 5.59. The average molecular weight is 637 g/mol. The van der Waals surface area contributed by atoms with Gasteiger partial charge in [0.1, 0.15) is 11.6 Å². The molecule has 43 heavy (non-hydrogen) atoms. The molecule has 1 saturated heterocycles. The summed E-state index contributed by atoms with van der Waals surface area (Å²) in [4.78, 5) is 54.8. The van der Waals surface area contributed by atoms with Gasteiger partial charge in [-0.25, -0.2) is 13.2 Å². The van der Waals surface area contributed by atoms with Gasteiger partial charge in [-0.05, 0) is 77.3 Å². The fraction of sp³-hybridized carbons (Fsp3) is 0.600. The topological polar surface area (TPSA) is 151 Å². The molecule has 1 aromatic rings. The van der Waals surface area contributed by atoms with Crippen LogP contribution in [0.5, 0.6) is 0 Å². The maximum atomic E-state index is 13.7. The third-order valence-corrected chi connectivity index (χ3v) is 9.42. The van der Waals surface area contributed by atoms with E-state index >= 15 is 0 Å². The molecule has 0 unspecified atom stereocenters. The van der Waals surface area contributed by atoms with Crippen molar-refractivity contribution in [1.82, 2.24) is 20.3 Å². The van der Waals surface area contributed by atoms with Crippen LogP contribution in [0.15, 0.2) is 36.4 Å². The van der Waals surface area contributed by atoms with Crippen LogP contribution in [0.1, 0.15) is 77.7 Å². The van der Waals surface area contributed by atoms with Crippen LogP contribution in [0, 0.1) is 5.92 Å². The summed E-state index contributed by atoms with van der Waals surface area (Å²) in [7, 11) is -4.14. The molecule has 236 valence electrons. The smallest absolute Gasteiger partial charge is 0.408 e. The standard InChI is InChI=1S/C30H41ClN4O7S/c1-29(2,3)33-28(39)42-24-16-8-6-4-5-7-13-21-18-30(21,32-25(36)23-15-11-17-35(23)26(24)37)27(38)34-43(40,41)19-20-12-9-10-14-22(20)31/h7,9-10,12-14,21,23-24H,4-6,8,11,15-19H2,1-3H3,(H,32,36)(H,33,39)(H,34,38)/t21-,23+,24+,30-/m1/s1. The number of carbonyl (C=O) groups excluding carboxylic acids is 4. The number of halogens is 1. The van der Waals surface area contributed by atoms with E-state index in [9.17, 15) is 27.6 Å². The zero-order chi connectivity index (χ0) is 31.4. The van der Waals surface area contributed by atoms with Gasteiger partial charge in [-0.2, -0.15) is 0 Å². The summed E-state index contributed by atoms with van der Waals surface area (Å²) < 4.78 is 33.7. The van der Waals surface area contributed by atoms with Gasteiger partial charge in [-0.3, -0.25) is 19.1 Å². The van der Waals surface area contributed by atoms with Crippen LogP contribution in [0.4, 0.5) is 4.79 Å². The molecule has 1 saturated carbocycles. The lowest BCUT2D eigenvalue weighted by atomic mass is 10.1. The van der Waals surface area contributed by atoms with Crippen LogP contribution in [-0.4, -0.2) is 66.9 Å². The molecular formula is C30H41ClN4O7S. The van der Waals surface area contributed by atoms with Crippen LogP contribution in [0.25, 0.3) is 0 Å². The first-order valence-electron chi connectivity index (χ1n) is 14.8. The number of nitrogens with zero attached hydrogens (tertiary/aromatic N) is 1. The Kier molecular flexibility index (Phi) is 10.1. The van der Waals surface area contributed by atoms with Gasteiger partial charge >= 0.3 is 6.09 Å². The highest BCUT2D eigenvalue weighted by molar-refractivity contribution is 7.89. The molecule has 13 heteroatoms. The van der Waals surface area contributed by atoms with Gasteiger partial charge < -0.3 is 20.3 Å². The van der Waals surface area contributed by atoms with E-state index in [0.29, 0.717) is 44.2 Å². The van der Waals surface area contributed by atoms with Crippen molar-refractivity contribution in [1.29, 1.82) is 0 Å². The molecule has 2 heterocycles. The second-order valence-electron chi connectivity index (χ2n) is 12.6. The number of amides is 4. The van der Waals surface area contributed by atoms with Crippen LogP contribution in [0.3, 0.4) is 0 Å². The Balaban J connectivity index is 1.54. The van der Waals surface area contributed by atoms with Gasteiger partial charge in [0, 0.05) is 23.0 Å². The first-order chi connectivity index (χ1) is 20.2. The molecule has 0 aromatic heterocycles. The Hall–Kier alpha value is -3.12. The van der Waals surface area contributed by atoms with Crippen LogP contribution in [-0.2, 0) is 34.9 Å². The molecule has 3 N–H and O–H groups in total. The molecule has 0 spiro atoms. The average Bonchev–Trinajstić information content (AvgIpc) is 3.36. The number of alkyl carbamates (subject to hydrolysis) is 1. The van der Waals surface area contributed by atoms with Crippen molar-refractivity contribution < 1.29 is 32.3 Å². The van der Waals surface area contributed by atoms with Crippen LogP contribution in [0.2, 0.25) is 5.02 Å². The van der Waals surface area contributed by atoms with E-state index in [-0.39, 0.29) is 11.4 Å². The molecule has 0 radical (unpaired) electrons. The van der Waals surface area contributed by atoms with E-state index < -0.39 is 68.7 Å². The number of nitrogens with one attached hydrogen (secondary N) is 3. The van der Waals surface area contributed by atoms with E-state index in [1.165, 1.54) is 4.90 Å². The normalized spacial score (nSPS) is 26.7. The summed E-state index contributed by atoms with van der Waals surface area (Å²) in [5.74, 6) is -2.74.